The number of aliphatic hydroxyl groups is 1. The lowest BCUT2D eigenvalue weighted by molar-refractivity contribution is -0.132. The van der Waals surface area contributed by atoms with Crippen molar-refractivity contribution in [2.75, 3.05) is 12.0 Å². The Morgan fingerprint density at radius 2 is 1.86 bits per heavy atom. The van der Waals surface area contributed by atoms with Crippen LogP contribution in [0.1, 0.15) is 29.7 Å². The van der Waals surface area contributed by atoms with E-state index in [0.717, 1.165) is 28.8 Å². The van der Waals surface area contributed by atoms with Gasteiger partial charge in [-0.05, 0) is 60.0 Å². The van der Waals surface area contributed by atoms with Crippen LogP contribution in [0.25, 0.3) is 16.0 Å². The van der Waals surface area contributed by atoms with E-state index in [-0.39, 0.29) is 27.8 Å². The number of benzene rings is 3. The molecule has 0 radical (unpaired) electrons. The van der Waals surface area contributed by atoms with E-state index in [1.54, 1.807) is 12.1 Å². The number of carbonyl (C=O) groups is 2. The number of anilines is 1. The fourth-order valence-electron chi connectivity index (χ4n) is 4.29. The molecule has 4 aromatic rings. The van der Waals surface area contributed by atoms with Crippen LogP contribution in [-0.4, -0.2) is 34.0 Å². The first kappa shape index (κ1) is 23.5. The summed E-state index contributed by atoms with van der Waals surface area (Å²) in [6.45, 7) is 2.03. The smallest absolute Gasteiger partial charge is 0.301 e. The topological polar surface area (TPSA) is 100.0 Å². The van der Waals surface area contributed by atoms with Gasteiger partial charge in [0.1, 0.15) is 23.1 Å². The Morgan fingerprint density at radius 3 is 2.56 bits per heavy atom. The summed E-state index contributed by atoms with van der Waals surface area (Å²) in [5.41, 5.74) is 1.94. The van der Waals surface area contributed by atoms with Crippen LogP contribution in [-0.2, 0) is 16.0 Å². The first-order valence-corrected chi connectivity index (χ1v) is 12.0. The molecule has 1 aliphatic heterocycles. The van der Waals surface area contributed by atoms with Crippen molar-refractivity contribution in [2.45, 2.75) is 19.4 Å². The van der Waals surface area contributed by atoms with E-state index in [9.17, 15) is 24.2 Å². The predicted octanol–water partition coefficient (Wildman–Crippen LogP) is 5.34. The van der Waals surface area contributed by atoms with Gasteiger partial charge in [0.25, 0.3) is 5.78 Å². The standard InChI is InChI=1S/C27H21FN2O5S/c1-3-14-4-10-19-21(12-14)36-27(29-19)30-23(15-5-8-17(31)9-6-15)22(25(33)26(30)34)24(32)18-13-16(28)7-11-20(18)35-2/h4-13,23,31-32H,3H2,1-2H3/b24-22+. The maximum atomic E-state index is 14.1. The number of phenols is 1. The number of amides is 1. The summed E-state index contributed by atoms with van der Waals surface area (Å²) in [4.78, 5) is 32.5. The summed E-state index contributed by atoms with van der Waals surface area (Å²) in [5, 5.41) is 21.4. The van der Waals surface area contributed by atoms with Crippen molar-refractivity contribution in [1.82, 2.24) is 4.98 Å². The van der Waals surface area contributed by atoms with Gasteiger partial charge in [-0.2, -0.15) is 0 Å². The van der Waals surface area contributed by atoms with Crippen LogP contribution in [0.4, 0.5) is 9.52 Å². The SMILES string of the molecule is CCc1ccc2nc(N3C(=O)C(=O)/C(=C(/O)c4cc(F)ccc4OC)C3c3ccc(O)cc3)sc2c1. The monoisotopic (exact) mass is 504 g/mol. The zero-order valence-corrected chi connectivity index (χ0v) is 20.2. The van der Waals surface area contributed by atoms with Crippen molar-refractivity contribution < 1.29 is 28.9 Å². The van der Waals surface area contributed by atoms with Gasteiger partial charge < -0.3 is 14.9 Å². The first-order chi connectivity index (χ1) is 17.3. The number of rotatable bonds is 5. The van der Waals surface area contributed by atoms with Gasteiger partial charge in [-0.15, -0.1) is 0 Å². The van der Waals surface area contributed by atoms with Gasteiger partial charge in [-0.25, -0.2) is 9.37 Å². The van der Waals surface area contributed by atoms with E-state index in [0.29, 0.717) is 11.1 Å². The number of aromatic hydroxyl groups is 1. The third-order valence-corrected chi connectivity index (χ3v) is 7.14. The summed E-state index contributed by atoms with van der Waals surface area (Å²) in [7, 11) is 1.35. The van der Waals surface area contributed by atoms with E-state index in [1.807, 2.05) is 25.1 Å². The fourth-order valence-corrected chi connectivity index (χ4v) is 5.35. The van der Waals surface area contributed by atoms with Crippen molar-refractivity contribution in [3.05, 3.63) is 88.7 Å². The molecule has 1 aliphatic rings. The molecular weight excluding hydrogens is 483 g/mol. The Bertz CT molecular complexity index is 1540. The highest BCUT2D eigenvalue weighted by Crippen LogP contribution is 2.45. The Balaban J connectivity index is 1.74. The molecule has 1 atom stereocenters. The number of carbonyl (C=O) groups excluding carboxylic acids is 2. The molecular formula is C27H21FN2O5S. The lowest BCUT2D eigenvalue weighted by Gasteiger charge is -2.23. The van der Waals surface area contributed by atoms with Crippen LogP contribution in [0.15, 0.2) is 66.2 Å². The number of nitrogens with zero attached hydrogens (tertiary/aromatic N) is 2. The number of ketones is 1. The second-order valence-electron chi connectivity index (χ2n) is 8.26. The van der Waals surface area contributed by atoms with E-state index in [4.69, 9.17) is 4.74 Å². The minimum Gasteiger partial charge on any atom is -0.508 e. The predicted molar refractivity (Wildman–Crippen MR) is 135 cm³/mol. The average Bonchev–Trinajstić information content (AvgIpc) is 3.41. The maximum Gasteiger partial charge on any atom is 0.301 e. The molecule has 0 bridgehead atoms. The van der Waals surface area contributed by atoms with Crippen molar-refractivity contribution in [1.29, 1.82) is 0 Å². The van der Waals surface area contributed by atoms with E-state index in [1.165, 1.54) is 41.5 Å². The van der Waals surface area contributed by atoms with E-state index < -0.39 is 29.3 Å². The Labute approximate surface area is 209 Å². The highest BCUT2D eigenvalue weighted by Gasteiger charge is 2.48. The lowest BCUT2D eigenvalue weighted by atomic mass is 9.95. The van der Waals surface area contributed by atoms with Crippen LogP contribution in [0.2, 0.25) is 0 Å². The number of thiazole rings is 1. The number of phenolic OH excluding ortho intramolecular Hbond substituents is 1. The van der Waals surface area contributed by atoms with Crippen molar-refractivity contribution in [3.63, 3.8) is 0 Å². The summed E-state index contributed by atoms with van der Waals surface area (Å²) >= 11 is 1.25. The van der Waals surface area contributed by atoms with Crippen molar-refractivity contribution in [2.24, 2.45) is 0 Å². The third-order valence-electron chi connectivity index (χ3n) is 6.13. The fraction of sp³-hybridized carbons (Fsp3) is 0.148. The van der Waals surface area contributed by atoms with Gasteiger partial charge in [-0.1, -0.05) is 36.5 Å². The number of hydrogen-bond acceptors (Lipinski definition) is 7. The zero-order valence-electron chi connectivity index (χ0n) is 19.4. The average molecular weight is 505 g/mol. The number of aliphatic hydroxyl groups excluding tert-OH is 1. The lowest BCUT2D eigenvalue weighted by Crippen LogP contribution is -2.29. The minimum atomic E-state index is -1.07. The summed E-state index contributed by atoms with van der Waals surface area (Å²) in [6, 6.07) is 14.2. The minimum absolute atomic E-state index is 0.00502. The van der Waals surface area contributed by atoms with Crippen LogP contribution in [0.3, 0.4) is 0 Å². The molecule has 0 aliphatic carbocycles. The molecule has 36 heavy (non-hydrogen) atoms. The van der Waals surface area contributed by atoms with Gasteiger partial charge in [0, 0.05) is 0 Å². The molecule has 5 rings (SSSR count). The Morgan fingerprint density at radius 1 is 1.11 bits per heavy atom. The van der Waals surface area contributed by atoms with Crippen LogP contribution >= 0.6 is 11.3 Å². The largest absolute Gasteiger partial charge is 0.508 e. The number of methoxy groups -OCH3 is 1. The van der Waals surface area contributed by atoms with Gasteiger partial charge in [0.15, 0.2) is 5.13 Å². The molecule has 1 fully saturated rings. The number of hydrogen-bond donors (Lipinski definition) is 2. The second kappa shape index (κ2) is 9.09. The van der Waals surface area contributed by atoms with Gasteiger partial charge >= 0.3 is 5.91 Å². The van der Waals surface area contributed by atoms with Gasteiger partial charge in [-0.3, -0.25) is 14.5 Å². The molecule has 1 unspecified atom stereocenters. The van der Waals surface area contributed by atoms with Crippen LogP contribution < -0.4 is 9.64 Å². The summed E-state index contributed by atoms with van der Waals surface area (Å²) in [5.74, 6) is -2.90. The summed E-state index contributed by atoms with van der Waals surface area (Å²) in [6.07, 6.45) is 0.830. The number of fused-ring (bicyclic) bond motifs is 1. The molecule has 0 spiro atoms. The normalized spacial score (nSPS) is 17.2. The highest BCUT2D eigenvalue weighted by atomic mass is 32.1. The number of Topliss-reactive ketones (excluding diaryl/α,β-unsaturated/α-hetero) is 1. The Kier molecular flexibility index (Phi) is 5.93. The third kappa shape index (κ3) is 3.87. The number of aromatic nitrogens is 1. The molecule has 2 N–H and O–H groups in total. The quantitative estimate of drug-likeness (QED) is 0.216. The first-order valence-electron chi connectivity index (χ1n) is 11.2. The molecule has 9 heteroatoms. The highest BCUT2D eigenvalue weighted by molar-refractivity contribution is 7.22. The molecule has 1 aromatic heterocycles. The maximum absolute atomic E-state index is 14.1. The van der Waals surface area contributed by atoms with Crippen LogP contribution in [0, 0.1) is 5.82 Å². The molecule has 1 saturated heterocycles. The van der Waals surface area contributed by atoms with Crippen LogP contribution in [0.5, 0.6) is 11.5 Å². The Hall–Kier alpha value is -4.24. The molecule has 2 heterocycles. The molecule has 7 nitrogen and oxygen atoms in total. The van der Waals surface area contributed by atoms with Crippen molar-refractivity contribution in [3.8, 4) is 11.5 Å². The van der Waals surface area contributed by atoms with Gasteiger partial charge in [0.2, 0.25) is 0 Å². The second-order valence-corrected chi connectivity index (χ2v) is 9.27. The number of aryl methyl sites for hydroxylation is 1. The van der Waals surface area contributed by atoms with Gasteiger partial charge in [0.05, 0.1) is 34.5 Å². The van der Waals surface area contributed by atoms with E-state index >= 15 is 0 Å². The molecule has 1 amide bonds. The molecule has 0 saturated carbocycles. The summed E-state index contributed by atoms with van der Waals surface area (Å²) < 4.78 is 20.2. The van der Waals surface area contributed by atoms with E-state index in [2.05, 4.69) is 4.98 Å². The zero-order chi connectivity index (χ0) is 25.6. The molecule has 182 valence electrons. The molecule has 3 aromatic carbocycles. The number of ether oxygens (including phenoxy) is 1. The van der Waals surface area contributed by atoms with Crippen molar-refractivity contribution >= 4 is 44.1 Å². The number of halogens is 1.